The first-order valence-corrected chi connectivity index (χ1v) is 7.37. The fraction of sp³-hybridized carbons (Fsp3) is 1.00. The molecule has 0 radical (unpaired) electrons. The molecule has 2 fully saturated rings. The Hall–Kier alpha value is -0.120. The fourth-order valence-corrected chi connectivity index (χ4v) is 3.59. The lowest BCUT2D eigenvalue weighted by Crippen LogP contribution is -2.45. The monoisotopic (exact) mass is 241 g/mol. The molecule has 3 unspecified atom stereocenters. The molecule has 2 aliphatic rings. The van der Waals surface area contributed by atoms with E-state index in [1.54, 1.807) is 0 Å². The van der Waals surface area contributed by atoms with Crippen molar-refractivity contribution in [3.05, 3.63) is 0 Å². The van der Waals surface area contributed by atoms with Gasteiger partial charge in [0.05, 0.1) is 6.10 Å². The number of hydrogen-bond donors (Lipinski definition) is 2. The van der Waals surface area contributed by atoms with Crippen molar-refractivity contribution in [2.75, 3.05) is 13.2 Å². The van der Waals surface area contributed by atoms with Crippen LogP contribution in [-0.4, -0.2) is 46.5 Å². The molecule has 3 nitrogen and oxygen atoms in total. The number of likely N-dealkylation sites (tertiary alicyclic amines) is 1. The minimum atomic E-state index is -0.118. The molecule has 3 atom stereocenters. The average Bonchev–Trinajstić information content (AvgIpc) is 2.69. The van der Waals surface area contributed by atoms with Crippen LogP contribution >= 0.6 is 0 Å². The lowest BCUT2D eigenvalue weighted by Gasteiger charge is -2.35. The number of rotatable bonds is 4. The molecule has 1 saturated carbocycles. The summed E-state index contributed by atoms with van der Waals surface area (Å²) in [7, 11) is 0. The fourth-order valence-electron chi connectivity index (χ4n) is 3.59. The van der Waals surface area contributed by atoms with Crippen LogP contribution in [0.3, 0.4) is 0 Å². The van der Waals surface area contributed by atoms with Gasteiger partial charge >= 0.3 is 0 Å². The van der Waals surface area contributed by atoms with Crippen molar-refractivity contribution < 1.29 is 10.2 Å². The molecule has 17 heavy (non-hydrogen) atoms. The predicted molar refractivity (Wildman–Crippen MR) is 68.9 cm³/mol. The molecule has 2 N–H and O–H groups in total. The molecule has 0 amide bonds. The number of nitrogens with zero attached hydrogens (tertiary/aromatic N) is 1. The molecule has 0 bridgehead atoms. The Morgan fingerprint density at radius 2 is 1.82 bits per heavy atom. The lowest BCUT2D eigenvalue weighted by atomic mass is 10.0. The van der Waals surface area contributed by atoms with E-state index < -0.39 is 0 Å². The second-order valence-electron chi connectivity index (χ2n) is 5.67. The van der Waals surface area contributed by atoms with E-state index in [2.05, 4.69) is 4.90 Å². The van der Waals surface area contributed by atoms with Gasteiger partial charge in [-0.05, 0) is 45.1 Å². The number of aliphatic hydroxyl groups is 2. The molecule has 1 aliphatic heterocycles. The molecule has 2 rings (SSSR count). The molecule has 0 aromatic heterocycles. The Bertz CT molecular complexity index is 222. The van der Waals surface area contributed by atoms with Gasteiger partial charge in [0.2, 0.25) is 0 Å². The molecule has 1 saturated heterocycles. The highest BCUT2D eigenvalue weighted by atomic mass is 16.3. The van der Waals surface area contributed by atoms with E-state index in [0.717, 1.165) is 32.2 Å². The van der Waals surface area contributed by atoms with Crippen LogP contribution in [-0.2, 0) is 0 Å². The van der Waals surface area contributed by atoms with Gasteiger partial charge in [-0.1, -0.05) is 19.3 Å². The number of hydrogen-bond acceptors (Lipinski definition) is 3. The van der Waals surface area contributed by atoms with Gasteiger partial charge in [0, 0.05) is 18.7 Å². The maximum Gasteiger partial charge on any atom is 0.0695 e. The zero-order valence-electron chi connectivity index (χ0n) is 10.9. The summed E-state index contributed by atoms with van der Waals surface area (Å²) in [5.41, 5.74) is 0. The summed E-state index contributed by atoms with van der Waals surface area (Å²) in [6, 6.07) is 1.00. The van der Waals surface area contributed by atoms with E-state index in [-0.39, 0.29) is 6.10 Å². The van der Waals surface area contributed by atoms with Crippen molar-refractivity contribution in [3.63, 3.8) is 0 Å². The van der Waals surface area contributed by atoms with E-state index in [4.69, 9.17) is 5.11 Å². The third-order valence-electron chi connectivity index (χ3n) is 4.49. The van der Waals surface area contributed by atoms with Crippen LogP contribution in [0.5, 0.6) is 0 Å². The second-order valence-corrected chi connectivity index (χ2v) is 5.67. The second kappa shape index (κ2) is 6.72. The molecular weight excluding hydrogens is 214 g/mol. The minimum absolute atomic E-state index is 0.118. The van der Waals surface area contributed by atoms with Crippen LogP contribution in [0.2, 0.25) is 0 Å². The van der Waals surface area contributed by atoms with E-state index in [1.165, 1.54) is 32.1 Å². The van der Waals surface area contributed by atoms with Crippen molar-refractivity contribution in [3.8, 4) is 0 Å². The summed E-state index contributed by atoms with van der Waals surface area (Å²) >= 11 is 0. The summed E-state index contributed by atoms with van der Waals surface area (Å²) in [6.45, 7) is 1.45. The highest BCUT2D eigenvalue weighted by Crippen LogP contribution is 2.30. The van der Waals surface area contributed by atoms with Crippen molar-refractivity contribution >= 4 is 0 Å². The van der Waals surface area contributed by atoms with Gasteiger partial charge in [0.1, 0.15) is 0 Å². The molecule has 0 aromatic carbocycles. The summed E-state index contributed by atoms with van der Waals surface area (Å²) in [5.74, 6) is 0. The molecule has 3 heteroatoms. The van der Waals surface area contributed by atoms with E-state index in [1.807, 2.05) is 0 Å². The first-order chi connectivity index (χ1) is 8.33. The van der Waals surface area contributed by atoms with Gasteiger partial charge in [-0.25, -0.2) is 0 Å². The topological polar surface area (TPSA) is 43.7 Å². The van der Waals surface area contributed by atoms with Crippen molar-refractivity contribution in [2.45, 2.75) is 76.0 Å². The maximum atomic E-state index is 10.3. The van der Waals surface area contributed by atoms with Gasteiger partial charge in [-0.15, -0.1) is 0 Å². The molecule has 1 heterocycles. The Kier molecular flexibility index (Phi) is 5.26. The first kappa shape index (κ1) is 13.3. The van der Waals surface area contributed by atoms with Gasteiger partial charge < -0.3 is 10.2 Å². The zero-order valence-corrected chi connectivity index (χ0v) is 10.9. The van der Waals surface area contributed by atoms with Crippen LogP contribution in [0.4, 0.5) is 0 Å². The Morgan fingerprint density at radius 3 is 2.65 bits per heavy atom. The minimum Gasteiger partial charge on any atom is -0.396 e. The van der Waals surface area contributed by atoms with Crippen molar-refractivity contribution in [1.82, 2.24) is 4.90 Å². The average molecular weight is 241 g/mol. The van der Waals surface area contributed by atoms with E-state index in [0.29, 0.717) is 18.7 Å². The molecule has 0 aromatic rings. The van der Waals surface area contributed by atoms with Gasteiger partial charge in [0.15, 0.2) is 0 Å². The van der Waals surface area contributed by atoms with Crippen LogP contribution in [0, 0.1) is 0 Å². The molecule has 1 aliphatic carbocycles. The number of aliphatic hydroxyl groups excluding tert-OH is 2. The van der Waals surface area contributed by atoms with Crippen LogP contribution in [0.15, 0.2) is 0 Å². The third-order valence-corrected chi connectivity index (χ3v) is 4.49. The van der Waals surface area contributed by atoms with Crippen molar-refractivity contribution in [2.24, 2.45) is 0 Å². The summed E-state index contributed by atoms with van der Waals surface area (Å²) in [4.78, 5) is 2.55. The largest absolute Gasteiger partial charge is 0.396 e. The highest BCUT2D eigenvalue weighted by Gasteiger charge is 2.34. The smallest absolute Gasteiger partial charge is 0.0695 e. The maximum absolute atomic E-state index is 10.3. The summed E-state index contributed by atoms with van der Waals surface area (Å²) in [6.07, 6.45) is 10.3. The Labute approximate surface area is 105 Å². The predicted octanol–water partition coefficient (Wildman–Crippen LogP) is 1.92. The standard InChI is InChI=1S/C14H27NO2/c16-11-5-7-12-6-4-10-15(12)13-8-2-1-3-9-14(13)17/h12-14,16-17H,1-11H2. The summed E-state index contributed by atoms with van der Waals surface area (Å²) < 4.78 is 0. The SMILES string of the molecule is OCCCC1CCCN1C1CCCCCC1O. The quantitative estimate of drug-likeness (QED) is 0.739. The Morgan fingerprint density at radius 1 is 1.00 bits per heavy atom. The van der Waals surface area contributed by atoms with Crippen LogP contribution < -0.4 is 0 Å². The van der Waals surface area contributed by atoms with E-state index >= 15 is 0 Å². The lowest BCUT2D eigenvalue weighted by molar-refractivity contribution is 0.0339. The van der Waals surface area contributed by atoms with Crippen LogP contribution in [0.25, 0.3) is 0 Å². The first-order valence-electron chi connectivity index (χ1n) is 7.37. The molecule has 100 valence electrons. The zero-order chi connectivity index (χ0) is 12.1. The highest BCUT2D eigenvalue weighted by molar-refractivity contribution is 4.89. The van der Waals surface area contributed by atoms with Crippen molar-refractivity contribution in [1.29, 1.82) is 0 Å². The normalized spacial score (nSPS) is 36.0. The summed E-state index contributed by atoms with van der Waals surface area (Å²) in [5, 5.41) is 19.2. The van der Waals surface area contributed by atoms with Gasteiger partial charge in [0.25, 0.3) is 0 Å². The Balaban J connectivity index is 1.93. The third kappa shape index (κ3) is 3.43. The van der Waals surface area contributed by atoms with Crippen LogP contribution in [0.1, 0.15) is 57.8 Å². The van der Waals surface area contributed by atoms with Gasteiger partial charge in [-0.3, -0.25) is 4.90 Å². The molecule has 0 spiro atoms. The van der Waals surface area contributed by atoms with Gasteiger partial charge in [-0.2, -0.15) is 0 Å². The molecular formula is C14H27NO2. The van der Waals surface area contributed by atoms with E-state index in [9.17, 15) is 5.11 Å².